The number of benzene rings is 2. The van der Waals surface area contributed by atoms with Crippen molar-refractivity contribution in [1.82, 2.24) is 0 Å². The van der Waals surface area contributed by atoms with Crippen LogP contribution in [0.2, 0.25) is 0 Å². The normalized spacial score (nSPS) is 11.0. The molecular formula is C19H19F3N2O4. The zero-order valence-electron chi connectivity index (χ0n) is 15.0. The van der Waals surface area contributed by atoms with E-state index in [2.05, 4.69) is 10.6 Å². The lowest BCUT2D eigenvalue weighted by atomic mass is 10.1. The summed E-state index contributed by atoms with van der Waals surface area (Å²) in [6, 6.07) is 11.6. The second-order valence-corrected chi connectivity index (χ2v) is 5.70. The smallest absolute Gasteiger partial charge is 0.416 e. The number of ether oxygens (including phenoxy) is 2. The van der Waals surface area contributed by atoms with Crippen LogP contribution in [-0.2, 0) is 20.5 Å². The predicted molar refractivity (Wildman–Crippen MR) is 97.1 cm³/mol. The van der Waals surface area contributed by atoms with Crippen molar-refractivity contribution in [3.63, 3.8) is 0 Å². The molecule has 0 aliphatic carbocycles. The van der Waals surface area contributed by atoms with Gasteiger partial charge in [0.1, 0.15) is 19.0 Å². The van der Waals surface area contributed by atoms with Crippen molar-refractivity contribution in [2.45, 2.75) is 13.1 Å². The third-order valence-electron chi connectivity index (χ3n) is 3.40. The summed E-state index contributed by atoms with van der Waals surface area (Å²) in [4.78, 5) is 23.2. The number of hydrogen-bond acceptors (Lipinski definition) is 4. The number of alkyl halides is 3. The van der Waals surface area contributed by atoms with Crippen molar-refractivity contribution in [2.24, 2.45) is 0 Å². The van der Waals surface area contributed by atoms with Crippen LogP contribution in [0.4, 0.5) is 24.5 Å². The summed E-state index contributed by atoms with van der Waals surface area (Å²) in [6.07, 6.45) is -4.58. The summed E-state index contributed by atoms with van der Waals surface area (Å²) in [5.41, 5.74) is -1.06. The topological polar surface area (TPSA) is 76.7 Å². The lowest BCUT2D eigenvalue weighted by molar-refractivity contribution is -0.137. The molecule has 9 heteroatoms. The molecule has 2 amide bonds. The number of para-hydroxylation sites is 1. The van der Waals surface area contributed by atoms with Gasteiger partial charge in [0.2, 0.25) is 11.8 Å². The zero-order chi connectivity index (χ0) is 20.6. The van der Waals surface area contributed by atoms with Crippen molar-refractivity contribution in [2.75, 3.05) is 30.5 Å². The fourth-order valence-electron chi connectivity index (χ4n) is 2.21. The number of carbonyl (C=O) groups excluding carboxylic acids is 2. The molecule has 2 N–H and O–H groups in total. The minimum Gasteiger partial charge on any atom is -0.491 e. The fourth-order valence-corrected chi connectivity index (χ4v) is 2.21. The van der Waals surface area contributed by atoms with Crippen LogP contribution in [0.25, 0.3) is 0 Å². The Bertz CT molecular complexity index is 811. The van der Waals surface area contributed by atoms with Crippen LogP contribution < -0.4 is 15.4 Å². The van der Waals surface area contributed by atoms with E-state index in [1.165, 1.54) is 6.92 Å². The number of carbonyl (C=O) groups is 2. The Hall–Kier alpha value is -3.07. The molecule has 0 aliphatic rings. The molecule has 0 saturated heterocycles. The second-order valence-electron chi connectivity index (χ2n) is 5.70. The Morgan fingerprint density at radius 2 is 1.68 bits per heavy atom. The van der Waals surface area contributed by atoms with Gasteiger partial charge in [-0.15, -0.1) is 0 Å². The van der Waals surface area contributed by atoms with Gasteiger partial charge in [-0.1, -0.05) is 18.2 Å². The van der Waals surface area contributed by atoms with Gasteiger partial charge in [-0.05, 0) is 30.3 Å². The number of anilines is 2. The minimum absolute atomic E-state index is 0.0567. The Balaban J connectivity index is 1.89. The summed E-state index contributed by atoms with van der Waals surface area (Å²) in [6.45, 7) is 1.15. The average Bonchev–Trinajstić information content (AvgIpc) is 2.62. The Labute approximate surface area is 159 Å². The molecule has 28 heavy (non-hydrogen) atoms. The summed E-state index contributed by atoms with van der Waals surface area (Å²) in [5, 5.41) is 4.69. The molecule has 0 saturated carbocycles. The largest absolute Gasteiger partial charge is 0.491 e. The van der Waals surface area contributed by atoms with Gasteiger partial charge < -0.3 is 20.1 Å². The number of hydrogen-bond donors (Lipinski definition) is 2. The maximum atomic E-state index is 12.9. The van der Waals surface area contributed by atoms with E-state index in [0.717, 1.165) is 18.2 Å². The highest BCUT2D eigenvalue weighted by atomic mass is 19.4. The van der Waals surface area contributed by atoms with Gasteiger partial charge in [0.25, 0.3) is 0 Å². The van der Waals surface area contributed by atoms with Crippen molar-refractivity contribution in [3.05, 3.63) is 54.1 Å². The molecule has 0 unspecified atom stereocenters. The Morgan fingerprint density at radius 1 is 0.964 bits per heavy atom. The molecule has 0 bridgehead atoms. The van der Waals surface area contributed by atoms with E-state index in [1.54, 1.807) is 12.1 Å². The highest BCUT2D eigenvalue weighted by Gasteiger charge is 2.31. The highest BCUT2D eigenvalue weighted by Crippen LogP contribution is 2.34. The van der Waals surface area contributed by atoms with E-state index >= 15 is 0 Å². The van der Waals surface area contributed by atoms with Gasteiger partial charge in [-0.3, -0.25) is 9.59 Å². The zero-order valence-corrected chi connectivity index (χ0v) is 15.0. The fraction of sp³-hybridized carbons (Fsp3) is 0.263. The first kappa shape index (κ1) is 21.2. The van der Waals surface area contributed by atoms with E-state index in [0.29, 0.717) is 5.75 Å². The van der Waals surface area contributed by atoms with E-state index in [1.807, 2.05) is 18.2 Å². The molecule has 2 aromatic carbocycles. The van der Waals surface area contributed by atoms with Gasteiger partial charge in [-0.25, -0.2) is 0 Å². The molecule has 0 fully saturated rings. The standard InChI is InChI=1S/C19H19F3N2O4/c1-13(25)23-16-8-7-14(19(20,21)22)11-17(16)24-18(26)12-27-9-10-28-15-5-3-2-4-6-15/h2-8,11H,9-10,12H2,1H3,(H,23,25)(H,24,26). The average molecular weight is 396 g/mol. The first-order valence-electron chi connectivity index (χ1n) is 8.30. The van der Waals surface area contributed by atoms with Crippen LogP contribution in [0.3, 0.4) is 0 Å². The quantitative estimate of drug-likeness (QED) is 0.667. The van der Waals surface area contributed by atoms with Gasteiger partial charge in [0, 0.05) is 6.92 Å². The minimum atomic E-state index is -4.58. The number of nitrogens with one attached hydrogen (secondary N) is 2. The Kier molecular flexibility index (Phi) is 7.39. The van der Waals surface area contributed by atoms with Crippen LogP contribution in [-0.4, -0.2) is 31.6 Å². The van der Waals surface area contributed by atoms with Gasteiger partial charge >= 0.3 is 6.18 Å². The van der Waals surface area contributed by atoms with E-state index < -0.39 is 23.6 Å². The molecule has 150 valence electrons. The molecule has 6 nitrogen and oxygen atoms in total. The molecule has 0 heterocycles. The molecular weight excluding hydrogens is 377 g/mol. The number of halogens is 3. The lowest BCUT2D eigenvalue weighted by Crippen LogP contribution is -2.22. The molecule has 0 aromatic heterocycles. The van der Waals surface area contributed by atoms with Crippen LogP contribution >= 0.6 is 0 Å². The molecule has 0 atom stereocenters. The van der Waals surface area contributed by atoms with Crippen molar-refractivity contribution < 1.29 is 32.2 Å². The van der Waals surface area contributed by atoms with E-state index in [4.69, 9.17) is 9.47 Å². The molecule has 0 aliphatic heterocycles. The third-order valence-corrected chi connectivity index (χ3v) is 3.40. The van der Waals surface area contributed by atoms with Crippen LogP contribution in [0.5, 0.6) is 5.75 Å². The second kappa shape index (κ2) is 9.75. The summed E-state index contributed by atoms with van der Waals surface area (Å²) in [5.74, 6) is -0.491. The summed E-state index contributed by atoms with van der Waals surface area (Å²) in [7, 11) is 0. The molecule has 0 spiro atoms. The number of amides is 2. The SMILES string of the molecule is CC(=O)Nc1ccc(C(F)(F)F)cc1NC(=O)COCCOc1ccccc1. The highest BCUT2D eigenvalue weighted by molar-refractivity contribution is 5.99. The molecule has 2 rings (SSSR count). The molecule has 0 radical (unpaired) electrons. The monoisotopic (exact) mass is 396 g/mol. The van der Waals surface area contributed by atoms with Crippen LogP contribution in [0.15, 0.2) is 48.5 Å². The lowest BCUT2D eigenvalue weighted by Gasteiger charge is -2.15. The van der Waals surface area contributed by atoms with Crippen molar-refractivity contribution >= 4 is 23.2 Å². The summed E-state index contributed by atoms with van der Waals surface area (Å²) < 4.78 is 49.2. The first-order valence-corrected chi connectivity index (χ1v) is 8.30. The maximum absolute atomic E-state index is 12.9. The maximum Gasteiger partial charge on any atom is 0.416 e. The van der Waals surface area contributed by atoms with Crippen molar-refractivity contribution in [1.29, 1.82) is 0 Å². The number of rotatable bonds is 8. The van der Waals surface area contributed by atoms with Crippen molar-refractivity contribution in [3.8, 4) is 5.75 Å². The van der Waals surface area contributed by atoms with Crippen LogP contribution in [0, 0.1) is 0 Å². The first-order chi connectivity index (χ1) is 13.3. The van der Waals surface area contributed by atoms with Gasteiger partial charge in [-0.2, -0.15) is 13.2 Å². The third kappa shape index (κ3) is 6.92. The van der Waals surface area contributed by atoms with E-state index in [-0.39, 0.29) is 31.2 Å². The predicted octanol–water partition coefficient (Wildman–Crippen LogP) is 3.70. The van der Waals surface area contributed by atoms with Gasteiger partial charge in [0.15, 0.2) is 0 Å². The summed E-state index contributed by atoms with van der Waals surface area (Å²) >= 11 is 0. The van der Waals surface area contributed by atoms with E-state index in [9.17, 15) is 22.8 Å². The Morgan fingerprint density at radius 3 is 2.32 bits per heavy atom. The van der Waals surface area contributed by atoms with Gasteiger partial charge in [0.05, 0.1) is 23.5 Å². The molecule has 2 aromatic rings. The van der Waals surface area contributed by atoms with Crippen LogP contribution in [0.1, 0.15) is 12.5 Å².